The molecule has 4 nitrogen and oxygen atoms in total. The summed E-state index contributed by atoms with van der Waals surface area (Å²) in [5.41, 5.74) is 0.696. The van der Waals surface area contributed by atoms with E-state index in [1.54, 1.807) is 18.5 Å². The zero-order chi connectivity index (χ0) is 11.1. The van der Waals surface area contributed by atoms with Crippen LogP contribution in [0.25, 0.3) is 0 Å². The summed E-state index contributed by atoms with van der Waals surface area (Å²) in [6, 6.07) is 1.74. The van der Waals surface area contributed by atoms with E-state index in [4.69, 9.17) is 14.6 Å². The van der Waals surface area contributed by atoms with Crippen LogP contribution in [-0.2, 0) is 11.3 Å². The quantitative estimate of drug-likeness (QED) is 0.722. The van der Waals surface area contributed by atoms with E-state index in [9.17, 15) is 0 Å². The minimum atomic E-state index is -0.0613. The van der Waals surface area contributed by atoms with Gasteiger partial charge in [0.15, 0.2) is 0 Å². The van der Waals surface area contributed by atoms with Crippen molar-refractivity contribution in [2.24, 2.45) is 0 Å². The zero-order valence-electron chi connectivity index (χ0n) is 9.14. The van der Waals surface area contributed by atoms with Crippen LogP contribution in [0.1, 0.15) is 19.4 Å². The van der Waals surface area contributed by atoms with Gasteiger partial charge in [-0.25, -0.2) is 0 Å². The number of aliphatic hydroxyl groups excluding tert-OH is 1. The molecule has 0 fully saturated rings. The molecule has 84 valence electrons. The van der Waals surface area contributed by atoms with E-state index in [2.05, 4.69) is 4.98 Å². The van der Waals surface area contributed by atoms with Crippen LogP contribution in [0.15, 0.2) is 18.5 Å². The lowest BCUT2D eigenvalue weighted by Gasteiger charge is -2.11. The Balaban J connectivity index is 2.36. The van der Waals surface area contributed by atoms with E-state index in [1.807, 2.05) is 13.8 Å². The van der Waals surface area contributed by atoms with Gasteiger partial charge in [0.25, 0.3) is 0 Å². The number of hydrogen-bond donors (Lipinski definition) is 1. The summed E-state index contributed by atoms with van der Waals surface area (Å²) >= 11 is 0. The molecule has 0 saturated heterocycles. The maximum Gasteiger partial charge on any atom is 0.128 e. The summed E-state index contributed by atoms with van der Waals surface area (Å²) in [5.74, 6) is 0.667. The molecule has 0 saturated carbocycles. The van der Waals surface area contributed by atoms with Crippen molar-refractivity contribution in [3.63, 3.8) is 0 Å². The normalized spacial score (nSPS) is 10.7. The SMILES string of the molecule is CC(C)OCCOc1ccncc1CO. The monoisotopic (exact) mass is 211 g/mol. The molecular formula is C11H17NO3. The number of nitrogens with zero attached hydrogens (tertiary/aromatic N) is 1. The largest absolute Gasteiger partial charge is 0.491 e. The third-order valence-electron chi connectivity index (χ3n) is 1.82. The van der Waals surface area contributed by atoms with E-state index in [0.29, 0.717) is 24.5 Å². The molecule has 0 aliphatic rings. The second-order valence-electron chi connectivity index (χ2n) is 3.41. The highest BCUT2D eigenvalue weighted by Crippen LogP contribution is 2.15. The first-order valence-corrected chi connectivity index (χ1v) is 5.02. The lowest BCUT2D eigenvalue weighted by molar-refractivity contribution is 0.0547. The Kier molecular flexibility index (Phi) is 5.07. The summed E-state index contributed by atoms with van der Waals surface area (Å²) in [4.78, 5) is 3.90. The van der Waals surface area contributed by atoms with E-state index >= 15 is 0 Å². The van der Waals surface area contributed by atoms with Gasteiger partial charge in [-0.05, 0) is 19.9 Å². The zero-order valence-corrected chi connectivity index (χ0v) is 9.14. The molecule has 4 heteroatoms. The second-order valence-corrected chi connectivity index (χ2v) is 3.41. The van der Waals surface area contributed by atoms with Crippen molar-refractivity contribution in [3.8, 4) is 5.75 Å². The van der Waals surface area contributed by atoms with Crippen molar-refractivity contribution < 1.29 is 14.6 Å². The van der Waals surface area contributed by atoms with Gasteiger partial charge in [-0.1, -0.05) is 0 Å². The third kappa shape index (κ3) is 4.27. The lowest BCUT2D eigenvalue weighted by Crippen LogP contribution is -2.12. The molecule has 0 aromatic carbocycles. The Morgan fingerprint density at radius 3 is 2.87 bits per heavy atom. The van der Waals surface area contributed by atoms with Crippen LogP contribution in [0.5, 0.6) is 5.75 Å². The molecule has 0 unspecified atom stereocenters. The van der Waals surface area contributed by atoms with Crippen LogP contribution < -0.4 is 4.74 Å². The first-order chi connectivity index (χ1) is 7.24. The Bertz CT molecular complexity index is 289. The molecule has 1 aromatic heterocycles. The van der Waals surface area contributed by atoms with Gasteiger partial charge >= 0.3 is 0 Å². The van der Waals surface area contributed by atoms with E-state index in [0.717, 1.165) is 0 Å². The Morgan fingerprint density at radius 2 is 2.20 bits per heavy atom. The molecule has 0 spiro atoms. The molecule has 0 bridgehead atoms. The van der Waals surface area contributed by atoms with Crippen molar-refractivity contribution in [3.05, 3.63) is 24.0 Å². The molecular weight excluding hydrogens is 194 g/mol. The summed E-state index contributed by atoms with van der Waals surface area (Å²) in [6.07, 6.45) is 3.44. The molecule has 0 radical (unpaired) electrons. The van der Waals surface area contributed by atoms with Crippen LogP contribution in [0.3, 0.4) is 0 Å². The fraction of sp³-hybridized carbons (Fsp3) is 0.545. The van der Waals surface area contributed by atoms with Gasteiger partial charge in [0.2, 0.25) is 0 Å². The fourth-order valence-corrected chi connectivity index (χ4v) is 1.11. The molecule has 0 aliphatic carbocycles. The average Bonchev–Trinajstić information content (AvgIpc) is 2.24. The fourth-order valence-electron chi connectivity index (χ4n) is 1.11. The van der Waals surface area contributed by atoms with Gasteiger partial charge < -0.3 is 14.6 Å². The maximum atomic E-state index is 9.01. The van der Waals surface area contributed by atoms with Gasteiger partial charge in [-0.2, -0.15) is 0 Å². The highest BCUT2D eigenvalue weighted by Gasteiger charge is 2.01. The van der Waals surface area contributed by atoms with E-state index in [1.165, 1.54) is 0 Å². The van der Waals surface area contributed by atoms with Crippen molar-refractivity contribution >= 4 is 0 Å². The molecule has 1 N–H and O–H groups in total. The second kappa shape index (κ2) is 6.37. The van der Waals surface area contributed by atoms with Crippen LogP contribution in [0.2, 0.25) is 0 Å². The molecule has 0 amide bonds. The van der Waals surface area contributed by atoms with Crippen molar-refractivity contribution in [2.75, 3.05) is 13.2 Å². The van der Waals surface area contributed by atoms with Gasteiger partial charge in [-0.3, -0.25) is 4.98 Å². The molecule has 1 rings (SSSR count). The van der Waals surface area contributed by atoms with E-state index < -0.39 is 0 Å². The molecule has 0 atom stereocenters. The Hall–Kier alpha value is -1.13. The van der Waals surface area contributed by atoms with Gasteiger partial charge in [0, 0.05) is 18.0 Å². The predicted molar refractivity (Wildman–Crippen MR) is 56.7 cm³/mol. The summed E-state index contributed by atoms with van der Waals surface area (Å²) in [5, 5.41) is 9.01. The third-order valence-corrected chi connectivity index (χ3v) is 1.82. The summed E-state index contributed by atoms with van der Waals surface area (Å²) in [6.45, 7) is 4.92. The minimum Gasteiger partial charge on any atom is -0.491 e. The topological polar surface area (TPSA) is 51.6 Å². The number of pyridine rings is 1. The minimum absolute atomic E-state index is 0.0613. The summed E-state index contributed by atoms with van der Waals surface area (Å²) < 4.78 is 10.8. The van der Waals surface area contributed by atoms with Crippen molar-refractivity contribution in [1.29, 1.82) is 0 Å². The number of ether oxygens (including phenoxy) is 2. The lowest BCUT2D eigenvalue weighted by atomic mass is 10.3. The highest BCUT2D eigenvalue weighted by molar-refractivity contribution is 5.29. The van der Waals surface area contributed by atoms with Gasteiger partial charge in [0.1, 0.15) is 12.4 Å². The van der Waals surface area contributed by atoms with Gasteiger partial charge in [0.05, 0.1) is 19.3 Å². The van der Waals surface area contributed by atoms with E-state index in [-0.39, 0.29) is 12.7 Å². The van der Waals surface area contributed by atoms with Crippen LogP contribution in [0.4, 0.5) is 0 Å². The number of aromatic nitrogens is 1. The molecule has 1 aromatic rings. The first-order valence-electron chi connectivity index (χ1n) is 5.02. The predicted octanol–water partition coefficient (Wildman–Crippen LogP) is 1.38. The van der Waals surface area contributed by atoms with Crippen LogP contribution in [0, 0.1) is 0 Å². The van der Waals surface area contributed by atoms with Crippen molar-refractivity contribution in [1.82, 2.24) is 4.98 Å². The average molecular weight is 211 g/mol. The van der Waals surface area contributed by atoms with Crippen LogP contribution in [-0.4, -0.2) is 29.4 Å². The van der Waals surface area contributed by atoms with Crippen LogP contribution >= 0.6 is 0 Å². The number of hydrogen-bond acceptors (Lipinski definition) is 4. The highest BCUT2D eigenvalue weighted by atomic mass is 16.5. The first kappa shape index (κ1) is 11.9. The molecule has 0 aliphatic heterocycles. The maximum absolute atomic E-state index is 9.01. The van der Waals surface area contributed by atoms with Crippen molar-refractivity contribution in [2.45, 2.75) is 26.6 Å². The Morgan fingerprint density at radius 1 is 1.40 bits per heavy atom. The molecule has 15 heavy (non-hydrogen) atoms. The van der Waals surface area contributed by atoms with Gasteiger partial charge in [-0.15, -0.1) is 0 Å². The standard InChI is InChI=1S/C11H17NO3/c1-9(2)14-5-6-15-11-3-4-12-7-10(11)8-13/h3-4,7,9,13H,5-6,8H2,1-2H3. The summed E-state index contributed by atoms with van der Waals surface area (Å²) in [7, 11) is 0. The number of rotatable bonds is 6. The Labute approximate surface area is 89.9 Å². The molecule has 1 heterocycles. The number of aliphatic hydroxyl groups is 1. The smallest absolute Gasteiger partial charge is 0.128 e.